The van der Waals surface area contributed by atoms with Crippen LogP contribution in [0.25, 0.3) is 16.9 Å². The van der Waals surface area contributed by atoms with E-state index in [1.165, 1.54) is 24.4 Å². The SMILES string of the molecule is Cc1c(/C=N/O)cc(-c2ccc(S(C)(=O)=O)cc2)n1-c1ccc(F)c(F)c1. The smallest absolute Gasteiger partial charge is 0.175 e. The van der Waals surface area contributed by atoms with Gasteiger partial charge in [0.2, 0.25) is 0 Å². The summed E-state index contributed by atoms with van der Waals surface area (Å²) < 4.78 is 52.1. The fourth-order valence-corrected chi connectivity index (χ4v) is 3.49. The molecule has 1 N–H and O–H groups in total. The molecule has 0 spiro atoms. The van der Waals surface area contributed by atoms with Crippen molar-refractivity contribution in [2.45, 2.75) is 11.8 Å². The Labute approximate surface area is 155 Å². The van der Waals surface area contributed by atoms with Gasteiger partial charge in [0.1, 0.15) is 0 Å². The summed E-state index contributed by atoms with van der Waals surface area (Å²) in [5.74, 6) is -1.95. The second kappa shape index (κ2) is 6.96. The molecule has 140 valence electrons. The number of sulfone groups is 1. The highest BCUT2D eigenvalue weighted by atomic mass is 32.2. The highest BCUT2D eigenvalue weighted by Gasteiger charge is 2.16. The van der Waals surface area contributed by atoms with Gasteiger partial charge in [-0.1, -0.05) is 17.3 Å². The van der Waals surface area contributed by atoms with Gasteiger partial charge in [-0.15, -0.1) is 0 Å². The van der Waals surface area contributed by atoms with Gasteiger partial charge in [-0.3, -0.25) is 0 Å². The molecule has 1 heterocycles. The standard InChI is InChI=1S/C19H16F2N2O3S/c1-12-14(11-22-24)9-19(13-3-6-16(7-4-13)27(2,25)26)23(12)15-5-8-17(20)18(21)10-15/h3-11,24H,1-2H3/b22-11+. The molecule has 8 heteroatoms. The Morgan fingerprint density at radius 1 is 1.04 bits per heavy atom. The van der Waals surface area contributed by atoms with Crippen LogP contribution >= 0.6 is 0 Å². The quantitative estimate of drug-likeness (QED) is 0.417. The Morgan fingerprint density at radius 2 is 1.70 bits per heavy atom. The summed E-state index contributed by atoms with van der Waals surface area (Å²) in [4.78, 5) is 0.172. The van der Waals surface area contributed by atoms with Crippen LogP contribution in [-0.2, 0) is 9.84 Å². The maximum atomic E-state index is 13.7. The first-order valence-corrected chi connectivity index (χ1v) is 9.77. The van der Waals surface area contributed by atoms with Crippen LogP contribution < -0.4 is 0 Å². The third-order valence-corrected chi connectivity index (χ3v) is 5.35. The highest BCUT2D eigenvalue weighted by Crippen LogP contribution is 2.30. The molecule has 0 aliphatic heterocycles. The second-order valence-corrected chi connectivity index (χ2v) is 8.06. The molecule has 0 saturated heterocycles. The van der Waals surface area contributed by atoms with Crippen LogP contribution in [0.4, 0.5) is 8.78 Å². The van der Waals surface area contributed by atoms with E-state index < -0.39 is 21.5 Å². The van der Waals surface area contributed by atoms with Gasteiger partial charge in [0.05, 0.1) is 16.8 Å². The number of hydrogen-bond donors (Lipinski definition) is 1. The molecule has 0 atom stereocenters. The molecule has 3 rings (SSSR count). The van der Waals surface area contributed by atoms with E-state index >= 15 is 0 Å². The van der Waals surface area contributed by atoms with Gasteiger partial charge in [0, 0.05) is 29.3 Å². The van der Waals surface area contributed by atoms with Crippen molar-refractivity contribution >= 4 is 16.1 Å². The van der Waals surface area contributed by atoms with Crippen LogP contribution in [0.3, 0.4) is 0 Å². The number of halogens is 2. The van der Waals surface area contributed by atoms with E-state index in [1.807, 2.05) is 0 Å². The van der Waals surface area contributed by atoms with E-state index in [1.54, 1.807) is 29.7 Å². The molecule has 0 unspecified atom stereocenters. The van der Waals surface area contributed by atoms with Gasteiger partial charge in [0.25, 0.3) is 0 Å². The maximum Gasteiger partial charge on any atom is 0.175 e. The van der Waals surface area contributed by atoms with E-state index in [9.17, 15) is 17.2 Å². The number of hydrogen-bond acceptors (Lipinski definition) is 4. The van der Waals surface area contributed by atoms with Crippen molar-refractivity contribution in [3.05, 3.63) is 71.4 Å². The second-order valence-electron chi connectivity index (χ2n) is 6.05. The van der Waals surface area contributed by atoms with Crippen LogP contribution in [0.15, 0.2) is 58.6 Å². The molecule has 0 radical (unpaired) electrons. The minimum Gasteiger partial charge on any atom is -0.411 e. The molecule has 1 aromatic heterocycles. The van der Waals surface area contributed by atoms with Gasteiger partial charge < -0.3 is 9.77 Å². The number of aromatic nitrogens is 1. The van der Waals surface area contributed by atoms with Crippen LogP contribution in [-0.4, -0.2) is 30.7 Å². The van der Waals surface area contributed by atoms with E-state index in [0.717, 1.165) is 18.4 Å². The van der Waals surface area contributed by atoms with Crippen molar-refractivity contribution in [3.8, 4) is 16.9 Å². The van der Waals surface area contributed by atoms with Crippen LogP contribution in [0.2, 0.25) is 0 Å². The molecule has 0 amide bonds. The van der Waals surface area contributed by atoms with Gasteiger partial charge in [-0.05, 0) is 42.8 Å². The minimum atomic E-state index is -3.34. The summed E-state index contributed by atoms with van der Waals surface area (Å²) in [6.07, 6.45) is 2.35. The molecule has 0 aliphatic rings. The zero-order valence-corrected chi connectivity index (χ0v) is 15.3. The third-order valence-electron chi connectivity index (χ3n) is 4.22. The average Bonchev–Trinajstić information content (AvgIpc) is 2.94. The van der Waals surface area contributed by atoms with E-state index in [4.69, 9.17) is 5.21 Å². The maximum absolute atomic E-state index is 13.7. The molecule has 0 fully saturated rings. The zero-order chi connectivity index (χ0) is 19.8. The molecular formula is C19H16F2N2O3S. The number of benzene rings is 2. The minimum absolute atomic E-state index is 0.172. The summed E-state index contributed by atoms with van der Waals surface area (Å²) in [5.41, 5.74) is 2.86. The molecule has 3 aromatic rings. The van der Waals surface area contributed by atoms with Crippen LogP contribution in [0, 0.1) is 18.6 Å². The lowest BCUT2D eigenvalue weighted by Gasteiger charge is -2.13. The fourth-order valence-electron chi connectivity index (χ4n) is 2.86. The predicted molar refractivity (Wildman–Crippen MR) is 98.3 cm³/mol. The monoisotopic (exact) mass is 390 g/mol. The number of rotatable bonds is 4. The Bertz CT molecular complexity index is 1130. The van der Waals surface area contributed by atoms with Gasteiger partial charge in [0.15, 0.2) is 21.5 Å². The highest BCUT2D eigenvalue weighted by molar-refractivity contribution is 7.90. The van der Waals surface area contributed by atoms with Gasteiger partial charge >= 0.3 is 0 Å². The average molecular weight is 390 g/mol. The Hall–Kier alpha value is -3.00. The zero-order valence-electron chi connectivity index (χ0n) is 14.5. The lowest BCUT2D eigenvalue weighted by atomic mass is 10.1. The Balaban J connectivity index is 2.23. The summed E-state index contributed by atoms with van der Waals surface area (Å²) in [5, 5.41) is 11.9. The summed E-state index contributed by atoms with van der Waals surface area (Å²) in [7, 11) is -3.34. The topological polar surface area (TPSA) is 71.7 Å². The molecule has 0 bridgehead atoms. The molecule has 0 aliphatic carbocycles. The molecular weight excluding hydrogens is 374 g/mol. The molecule has 27 heavy (non-hydrogen) atoms. The van der Waals surface area contributed by atoms with Gasteiger partial charge in [-0.2, -0.15) is 0 Å². The molecule has 0 saturated carbocycles. The Morgan fingerprint density at radius 3 is 2.26 bits per heavy atom. The fraction of sp³-hybridized carbons (Fsp3) is 0.105. The normalized spacial score (nSPS) is 12.0. The largest absolute Gasteiger partial charge is 0.411 e. The van der Waals surface area contributed by atoms with E-state index in [0.29, 0.717) is 28.2 Å². The predicted octanol–water partition coefficient (Wildman–Crippen LogP) is 3.94. The van der Waals surface area contributed by atoms with Crippen molar-refractivity contribution < 1.29 is 22.4 Å². The van der Waals surface area contributed by atoms with Crippen LogP contribution in [0.1, 0.15) is 11.3 Å². The molecule has 2 aromatic carbocycles. The Kier molecular flexibility index (Phi) is 4.84. The summed E-state index contributed by atoms with van der Waals surface area (Å²) in [6, 6.07) is 11.4. The van der Waals surface area contributed by atoms with Crippen molar-refractivity contribution in [2.24, 2.45) is 5.16 Å². The summed E-state index contributed by atoms with van der Waals surface area (Å²) >= 11 is 0. The molecule has 5 nitrogen and oxygen atoms in total. The van der Waals surface area contributed by atoms with Gasteiger partial charge in [-0.25, -0.2) is 17.2 Å². The van der Waals surface area contributed by atoms with Crippen molar-refractivity contribution in [2.75, 3.05) is 6.26 Å². The first kappa shape index (κ1) is 18.8. The number of nitrogens with zero attached hydrogens (tertiary/aromatic N) is 2. The van der Waals surface area contributed by atoms with Crippen molar-refractivity contribution in [3.63, 3.8) is 0 Å². The van der Waals surface area contributed by atoms with Crippen molar-refractivity contribution in [1.82, 2.24) is 4.57 Å². The number of oxime groups is 1. The lowest BCUT2D eigenvalue weighted by Crippen LogP contribution is -2.02. The van der Waals surface area contributed by atoms with Crippen molar-refractivity contribution in [1.29, 1.82) is 0 Å². The third kappa shape index (κ3) is 3.61. The van der Waals surface area contributed by atoms with E-state index in [-0.39, 0.29) is 4.90 Å². The van der Waals surface area contributed by atoms with E-state index in [2.05, 4.69) is 5.16 Å². The first-order chi connectivity index (χ1) is 12.7. The van der Waals surface area contributed by atoms with Crippen LogP contribution in [0.5, 0.6) is 0 Å². The lowest BCUT2D eigenvalue weighted by molar-refractivity contribution is 0.322. The first-order valence-electron chi connectivity index (χ1n) is 7.88. The summed E-state index contributed by atoms with van der Waals surface area (Å²) in [6.45, 7) is 1.74.